The van der Waals surface area contributed by atoms with Crippen molar-refractivity contribution in [3.8, 4) is 0 Å². The highest BCUT2D eigenvalue weighted by Crippen LogP contribution is 2.61. The van der Waals surface area contributed by atoms with Crippen molar-refractivity contribution in [1.29, 1.82) is 0 Å². The Balaban J connectivity index is 2.25. The van der Waals surface area contributed by atoms with Gasteiger partial charge in [0, 0.05) is 6.08 Å². The van der Waals surface area contributed by atoms with Crippen LogP contribution in [0.2, 0.25) is 0 Å². The van der Waals surface area contributed by atoms with Gasteiger partial charge in [0.1, 0.15) is 0 Å². The first kappa shape index (κ1) is 22.7. The molecule has 0 aliphatic heterocycles. The van der Waals surface area contributed by atoms with E-state index in [4.69, 9.17) is 5.11 Å². The molecule has 2 heteroatoms. The molecule has 0 saturated heterocycles. The molecule has 0 saturated carbocycles. The van der Waals surface area contributed by atoms with Gasteiger partial charge in [-0.3, -0.25) is 0 Å². The maximum atomic E-state index is 10.8. The quantitative estimate of drug-likeness (QED) is 0.202. The monoisotopic (exact) mass is 384 g/mol. The normalized spacial score (nSPS) is 23.6. The van der Waals surface area contributed by atoms with Crippen LogP contribution in [0.15, 0.2) is 47.1 Å². The topological polar surface area (TPSA) is 37.3 Å². The molecule has 0 aromatic carbocycles. The predicted octanol–water partition coefficient (Wildman–Crippen LogP) is 7.63. The zero-order chi connectivity index (χ0) is 21.0. The maximum Gasteiger partial charge on any atom is 0.328 e. The van der Waals surface area contributed by atoms with Crippen LogP contribution >= 0.6 is 0 Å². The Morgan fingerprint density at radius 3 is 2.07 bits per heavy atom. The number of allylic oxidation sites excluding steroid dienone is 7. The predicted molar refractivity (Wildman–Crippen MR) is 119 cm³/mol. The van der Waals surface area contributed by atoms with Crippen molar-refractivity contribution in [1.82, 2.24) is 0 Å². The summed E-state index contributed by atoms with van der Waals surface area (Å²) < 4.78 is 0. The highest BCUT2D eigenvalue weighted by Gasteiger charge is 2.48. The lowest BCUT2D eigenvalue weighted by atomic mass is 9.64. The van der Waals surface area contributed by atoms with Crippen LogP contribution in [0, 0.1) is 16.2 Å². The molecule has 0 spiro atoms. The van der Waals surface area contributed by atoms with Crippen LogP contribution in [0.1, 0.15) is 92.9 Å². The molecular weight excluding hydrogens is 344 g/mol. The minimum atomic E-state index is -0.890. The molecule has 28 heavy (non-hydrogen) atoms. The molecule has 0 heterocycles. The second-order valence-corrected chi connectivity index (χ2v) is 10.3. The average Bonchev–Trinajstić information content (AvgIpc) is 2.99. The Hall–Kier alpha value is -1.57. The number of unbranched alkanes of at least 4 members (excludes halogenated alkanes) is 2. The lowest BCUT2D eigenvalue weighted by Gasteiger charge is -2.41. The van der Waals surface area contributed by atoms with Gasteiger partial charge in [-0.2, -0.15) is 0 Å². The summed E-state index contributed by atoms with van der Waals surface area (Å²) in [7, 11) is 0. The largest absolute Gasteiger partial charge is 0.478 e. The van der Waals surface area contributed by atoms with Gasteiger partial charge in [0.15, 0.2) is 0 Å². The second-order valence-electron chi connectivity index (χ2n) is 10.3. The van der Waals surface area contributed by atoms with E-state index in [1.807, 2.05) is 19.1 Å². The average molecular weight is 385 g/mol. The maximum absolute atomic E-state index is 10.8. The van der Waals surface area contributed by atoms with Crippen LogP contribution in [-0.4, -0.2) is 11.1 Å². The number of hydrogen-bond donors (Lipinski definition) is 1. The fourth-order valence-electron chi connectivity index (χ4n) is 5.02. The van der Waals surface area contributed by atoms with Gasteiger partial charge >= 0.3 is 5.97 Å². The molecule has 0 radical (unpaired) electrons. The molecule has 0 fully saturated rings. The standard InChI is InChI=1S/C26H40O2/c1-7-8-10-13-26(14-11-9-12-20(2)17-23(27)28)18-21-22(19-26)25(5,6)16-15-24(21,3)4/h9,11-12,14,17H,7-8,10,13,15-16,18-19H2,1-6H3,(H,27,28). The van der Waals surface area contributed by atoms with Crippen molar-refractivity contribution >= 4 is 5.97 Å². The van der Waals surface area contributed by atoms with E-state index in [1.165, 1.54) is 57.4 Å². The summed E-state index contributed by atoms with van der Waals surface area (Å²) in [5.74, 6) is -0.890. The molecule has 0 aromatic heterocycles. The van der Waals surface area contributed by atoms with Crippen molar-refractivity contribution < 1.29 is 9.90 Å². The molecular formula is C26H40O2. The summed E-state index contributed by atoms with van der Waals surface area (Å²) in [6.07, 6.45) is 19.8. The smallest absolute Gasteiger partial charge is 0.328 e. The van der Waals surface area contributed by atoms with Gasteiger partial charge in [-0.1, -0.05) is 89.3 Å². The van der Waals surface area contributed by atoms with Gasteiger partial charge in [-0.25, -0.2) is 4.79 Å². The van der Waals surface area contributed by atoms with Gasteiger partial charge in [0.05, 0.1) is 0 Å². The molecule has 2 aliphatic rings. The minimum absolute atomic E-state index is 0.230. The zero-order valence-electron chi connectivity index (χ0n) is 18.9. The van der Waals surface area contributed by atoms with Crippen molar-refractivity contribution in [2.24, 2.45) is 16.2 Å². The lowest BCUT2D eigenvalue weighted by molar-refractivity contribution is -0.131. The van der Waals surface area contributed by atoms with Crippen molar-refractivity contribution in [2.45, 2.75) is 92.9 Å². The molecule has 0 amide bonds. The molecule has 2 nitrogen and oxygen atoms in total. The highest BCUT2D eigenvalue weighted by atomic mass is 16.4. The molecule has 0 bridgehead atoms. The first-order chi connectivity index (χ1) is 13.0. The van der Waals surface area contributed by atoms with Gasteiger partial charge in [-0.15, -0.1) is 0 Å². The summed E-state index contributed by atoms with van der Waals surface area (Å²) in [5.41, 5.74) is 5.08. The van der Waals surface area contributed by atoms with Crippen molar-refractivity contribution in [2.75, 3.05) is 0 Å². The van der Waals surface area contributed by atoms with Gasteiger partial charge in [0.25, 0.3) is 0 Å². The number of aliphatic carboxylic acids is 1. The van der Waals surface area contributed by atoms with Gasteiger partial charge in [-0.05, 0) is 60.8 Å². The second kappa shape index (κ2) is 8.84. The summed E-state index contributed by atoms with van der Waals surface area (Å²) in [6.45, 7) is 13.8. The fraction of sp³-hybridized carbons (Fsp3) is 0.654. The zero-order valence-corrected chi connectivity index (χ0v) is 18.9. The summed E-state index contributed by atoms with van der Waals surface area (Å²) in [5, 5.41) is 8.86. The van der Waals surface area contributed by atoms with Gasteiger partial charge < -0.3 is 5.11 Å². The summed E-state index contributed by atoms with van der Waals surface area (Å²) in [4.78, 5) is 10.8. The van der Waals surface area contributed by atoms with E-state index in [9.17, 15) is 4.79 Å². The highest BCUT2D eigenvalue weighted by molar-refractivity contribution is 5.81. The van der Waals surface area contributed by atoms with Crippen LogP contribution in [0.5, 0.6) is 0 Å². The van der Waals surface area contributed by atoms with E-state index in [2.05, 4.69) is 46.8 Å². The Bertz CT molecular complexity index is 670. The van der Waals surface area contributed by atoms with Crippen LogP contribution in [0.3, 0.4) is 0 Å². The van der Waals surface area contributed by atoms with Crippen LogP contribution in [-0.2, 0) is 4.79 Å². The number of carbonyl (C=O) groups is 1. The number of rotatable bonds is 8. The van der Waals surface area contributed by atoms with E-state index in [0.717, 1.165) is 5.57 Å². The minimum Gasteiger partial charge on any atom is -0.478 e. The van der Waals surface area contributed by atoms with Crippen molar-refractivity contribution in [3.63, 3.8) is 0 Å². The molecule has 0 atom stereocenters. The SMILES string of the molecule is CCCCCC1(C=CC=CC(C)=CC(=O)O)CC2=C(C1)C(C)(C)CCC2(C)C. The van der Waals surface area contributed by atoms with Gasteiger partial charge in [0.2, 0.25) is 0 Å². The van der Waals surface area contributed by atoms with Crippen LogP contribution in [0.25, 0.3) is 0 Å². The van der Waals surface area contributed by atoms with E-state index < -0.39 is 5.97 Å². The van der Waals surface area contributed by atoms with Crippen LogP contribution < -0.4 is 0 Å². The number of carboxylic acid groups (broad SMARTS) is 1. The Kier molecular flexibility index (Phi) is 7.17. The Morgan fingerprint density at radius 1 is 1.00 bits per heavy atom. The van der Waals surface area contributed by atoms with E-state index >= 15 is 0 Å². The summed E-state index contributed by atoms with van der Waals surface area (Å²) in [6, 6.07) is 0. The third-order valence-electron chi connectivity index (χ3n) is 6.98. The Morgan fingerprint density at radius 2 is 1.57 bits per heavy atom. The third-order valence-corrected chi connectivity index (χ3v) is 6.98. The summed E-state index contributed by atoms with van der Waals surface area (Å²) >= 11 is 0. The molecule has 156 valence electrons. The molecule has 0 aromatic rings. The third kappa shape index (κ3) is 5.49. The fourth-order valence-corrected chi connectivity index (χ4v) is 5.02. The van der Waals surface area contributed by atoms with E-state index in [1.54, 1.807) is 11.1 Å². The van der Waals surface area contributed by atoms with Crippen molar-refractivity contribution in [3.05, 3.63) is 47.1 Å². The lowest BCUT2D eigenvalue weighted by Crippen LogP contribution is -2.28. The molecule has 1 N–H and O–H groups in total. The first-order valence-electron chi connectivity index (χ1n) is 11.0. The van der Waals surface area contributed by atoms with Crippen LogP contribution in [0.4, 0.5) is 0 Å². The Labute approximate surface area is 172 Å². The number of carboxylic acids is 1. The molecule has 0 unspecified atom stereocenters. The molecule has 2 rings (SSSR count). The van der Waals surface area contributed by atoms with E-state index in [0.29, 0.717) is 10.8 Å². The van der Waals surface area contributed by atoms with E-state index in [-0.39, 0.29) is 5.41 Å². The number of hydrogen-bond acceptors (Lipinski definition) is 1. The molecule has 2 aliphatic carbocycles. The first-order valence-corrected chi connectivity index (χ1v) is 11.0.